The van der Waals surface area contributed by atoms with Gasteiger partial charge in [-0.15, -0.1) is 0 Å². The molecule has 0 radical (unpaired) electrons. The molecule has 0 atom stereocenters. The van der Waals surface area contributed by atoms with Gasteiger partial charge in [0.1, 0.15) is 11.2 Å². The second-order valence-electron chi connectivity index (χ2n) is 16.2. The standard InChI is InChI=1S/C50H40N2O2/c1-49(2,3)33-23-24-37-47(28-33)54-46-25-22-32(27-39(46)48(37)53)31-14-13-17-35(26-31)52-43-21-12-10-19-40(43)50(4,5)41-29-38-36-18-9-11-20-42(36)51(44(38)30-45(41)52)34-15-7-6-8-16-34/h6-30H,1-5H3. The third-order valence-electron chi connectivity index (χ3n) is 11.5. The highest BCUT2D eigenvalue weighted by atomic mass is 16.3. The number of hydrogen-bond donors (Lipinski definition) is 0. The summed E-state index contributed by atoms with van der Waals surface area (Å²) in [4.78, 5) is 16.3. The molecule has 4 heteroatoms. The molecule has 0 N–H and O–H groups in total. The molecule has 10 rings (SSSR count). The van der Waals surface area contributed by atoms with Crippen LogP contribution in [0, 0.1) is 0 Å². The minimum absolute atomic E-state index is 0.0105. The van der Waals surface area contributed by atoms with E-state index in [4.69, 9.17) is 4.42 Å². The first-order chi connectivity index (χ1) is 26.1. The van der Waals surface area contributed by atoms with Crippen molar-refractivity contribution in [1.29, 1.82) is 0 Å². The van der Waals surface area contributed by atoms with Crippen LogP contribution in [-0.2, 0) is 10.8 Å². The van der Waals surface area contributed by atoms with Crippen molar-refractivity contribution in [3.05, 3.63) is 179 Å². The highest BCUT2D eigenvalue weighted by Crippen LogP contribution is 2.54. The van der Waals surface area contributed by atoms with Crippen molar-refractivity contribution in [1.82, 2.24) is 4.57 Å². The first kappa shape index (κ1) is 32.3. The smallest absolute Gasteiger partial charge is 0.200 e. The van der Waals surface area contributed by atoms with Crippen molar-refractivity contribution >= 4 is 60.8 Å². The third kappa shape index (κ3) is 4.79. The van der Waals surface area contributed by atoms with E-state index in [1.54, 1.807) is 0 Å². The third-order valence-corrected chi connectivity index (χ3v) is 11.5. The Morgan fingerprint density at radius 2 is 1.26 bits per heavy atom. The largest absolute Gasteiger partial charge is 0.456 e. The molecule has 0 bridgehead atoms. The van der Waals surface area contributed by atoms with Crippen LogP contribution in [0.4, 0.5) is 17.1 Å². The van der Waals surface area contributed by atoms with Gasteiger partial charge in [0.15, 0.2) is 0 Å². The Morgan fingerprint density at radius 3 is 2.09 bits per heavy atom. The lowest BCUT2D eigenvalue weighted by Gasteiger charge is -2.42. The van der Waals surface area contributed by atoms with Gasteiger partial charge in [0.05, 0.1) is 33.2 Å². The molecule has 0 spiro atoms. The van der Waals surface area contributed by atoms with Crippen LogP contribution in [0.5, 0.6) is 0 Å². The van der Waals surface area contributed by atoms with Crippen LogP contribution in [0.1, 0.15) is 51.3 Å². The molecular formula is C50H40N2O2. The zero-order chi connectivity index (χ0) is 36.9. The maximum Gasteiger partial charge on any atom is 0.200 e. The van der Waals surface area contributed by atoms with Gasteiger partial charge in [-0.1, -0.05) is 113 Å². The fourth-order valence-electron chi connectivity index (χ4n) is 8.62. The minimum atomic E-state index is -0.243. The monoisotopic (exact) mass is 700 g/mol. The van der Waals surface area contributed by atoms with Gasteiger partial charge in [0.25, 0.3) is 0 Å². The quantitative estimate of drug-likeness (QED) is 0.172. The Labute approximate surface area is 314 Å². The second kappa shape index (κ2) is 11.6. The van der Waals surface area contributed by atoms with E-state index >= 15 is 0 Å². The first-order valence-corrected chi connectivity index (χ1v) is 18.7. The average Bonchev–Trinajstić information content (AvgIpc) is 3.51. The van der Waals surface area contributed by atoms with Crippen molar-refractivity contribution in [3.63, 3.8) is 0 Å². The molecule has 7 aromatic carbocycles. The summed E-state index contributed by atoms with van der Waals surface area (Å²) in [5.41, 5.74) is 13.5. The summed E-state index contributed by atoms with van der Waals surface area (Å²) in [6.45, 7) is 11.2. The molecule has 0 saturated carbocycles. The van der Waals surface area contributed by atoms with Crippen molar-refractivity contribution in [3.8, 4) is 16.8 Å². The van der Waals surface area contributed by atoms with E-state index in [-0.39, 0.29) is 16.3 Å². The second-order valence-corrected chi connectivity index (χ2v) is 16.2. The van der Waals surface area contributed by atoms with Crippen LogP contribution in [0.25, 0.3) is 60.6 Å². The molecule has 3 heterocycles. The normalized spacial score (nSPS) is 13.8. The zero-order valence-corrected chi connectivity index (χ0v) is 31.1. The molecule has 1 aliphatic rings. The summed E-state index contributed by atoms with van der Waals surface area (Å²) in [5.74, 6) is 0. The number of fused-ring (bicyclic) bond motifs is 7. The van der Waals surface area contributed by atoms with Crippen LogP contribution in [-0.4, -0.2) is 4.57 Å². The van der Waals surface area contributed by atoms with Crippen molar-refractivity contribution in [2.75, 3.05) is 4.90 Å². The summed E-state index contributed by atoms with van der Waals surface area (Å²) in [6, 6.07) is 53.6. The van der Waals surface area contributed by atoms with Crippen molar-refractivity contribution < 1.29 is 4.42 Å². The maximum atomic E-state index is 13.9. The number of nitrogens with zero attached hydrogens (tertiary/aromatic N) is 2. The van der Waals surface area contributed by atoms with Gasteiger partial charge in [0.2, 0.25) is 5.43 Å². The summed E-state index contributed by atoms with van der Waals surface area (Å²) in [6.07, 6.45) is 0. The van der Waals surface area contributed by atoms with Gasteiger partial charge in [-0.05, 0) is 106 Å². The Hall–Kier alpha value is -6.39. The van der Waals surface area contributed by atoms with Gasteiger partial charge >= 0.3 is 0 Å². The lowest BCUT2D eigenvalue weighted by Crippen LogP contribution is -2.30. The number of benzene rings is 7. The van der Waals surface area contributed by atoms with E-state index < -0.39 is 0 Å². The van der Waals surface area contributed by atoms with E-state index in [0.29, 0.717) is 21.9 Å². The predicted molar refractivity (Wildman–Crippen MR) is 225 cm³/mol. The number of para-hydroxylation sites is 3. The van der Waals surface area contributed by atoms with Crippen LogP contribution in [0.3, 0.4) is 0 Å². The van der Waals surface area contributed by atoms with Gasteiger partial charge < -0.3 is 13.9 Å². The van der Waals surface area contributed by atoms with E-state index in [1.807, 2.05) is 30.3 Å². The van der Waals surface area contributed by atoms with Gasteiger partial charge in [-0.2, -0.15) is 0 Å². The minimum Gasteiger partial charge on any atom is -0.456 e. The van der Waals surface area contributed by atoms with Crippen LogP contribution < -0.4 is 10.3 Å². The number of anilines is 3. The molecular weight excluding hydrogens is 661 g/mol. The van der Waals surface area contributed by atoms with E-state index in [9.17, 15) is 4.79 Å². The molecule has 0 aliphatic carbocycles. The molecule has 1 aliphatic heterocycles. The lowest BCUT2D eigenvalue weighted by molar-refractivity contribution is 0.587. The number of hydrogen-bond acceptors (Lipinski definition) is 3. The highest BCUT2D eigenvalue weighted by Gasteiger charge is 2.38. The summed E-state index contributed by atoms with van der Waals surface area (Å²) in [5, 5.41) is 3.67. The molecule has 262 valence electrons. The van der Waals surface area contributed by atoms with Gasteiger partial charge in [-0.25, -0.2) is 0 Å². The predicted octanol–water partition coefficient (Wildman–Crippen LogP) is 13.1. The fraction of sp³-hybridized carbons (Fsp3) is 0.140. The molecule has 9 aromatic rings. The zero-order valence-electron chi connectivity index (χ0n) is 31.1. The highest BCUT2D eigenvalue weighted by molar-refractivity contribution is 6.11. The fourth-order valence-corrected chi connectivity index (χ4v) is 8.62. The number of aromatic nitrogens is 1. The first-order valence-electron chi connectivity index (χ1n) is 18.7. The molecule has 0 amide bonds. The number of rotatable bonds is 3. The van der Waals surface area contributed by atoms with Gasteiger partial charge in [-0.3, -0.25) is 4.79 Å². The Morgan fingerprint density at radius 1 is 0.519 bits per heavy atom. The Kier molecular flexibility index (Phi) is 6.91. The molecule has 2 aromatic heterocycles. The summed E-state index contributed by atoms with van der Waals surface area (Å²) < 4.78 is 8.75. The topological polar surface area (TPSA) is 38.4 Å². The maximum absolute atomic E-state index is 13.9. The Bertz CT molecular complexity index is 3030. The van der Waals surface area contributed by atoms with E-state index in [2.05, 4.69) is 165 Å². The molecule has 0 fully saturated rings. The molecule has 0 saturated heterocycles. The van der Waals surface area contributed by atoms with Gasteiger partial charge in [0, 0.05) is 27.6 Å². The van der Waals surface area contributed by atoms with E-state index in [0.717, 1.165) is 39.4 Å². The van der Waals surface area contributed by atoms with E-state index in [1.165, 1.54) is 32.9 Å². The van der Waals surface area contributed by atoms with Crippen LogP contribution in [0.15, 0.2) is 161 Å². The van der Waals surface area contributed by atoms with Crippen molar-refractivity contribution in [2.24, 2.45) is 0 Å². The average molecular weight is 701 g/mol. The lowest BCUT2D eigenvalue weighted by atomic mass is 9.73. The molecule has 4 nitrogen and oxygen atoms in total. The SMILES string of the molecule is CC(C)(C)c1ccc2c(=O)c3cc(-c4cccc(N5c6ccccc6C(C)(C)c6cc7c8ccccc8n(-c8ccccc8)c7cc65)c4)ccc3oc2c1. The summed E-state index contributed by atoms with van der Waals surface area (Å²) >= 11 is 0. The molecule has 0 unspecified atom stereocenters. The summed E-state index contributed by atoms with van der Waals surface area (Å²) in [7, 11) is 0. The Balaban J connectivity index is 1.17. The molecule has 54 heavy (non-hydrogen) atoms. The van der Waals surface area contributed by atoms with Crippen LogP contribution in [0.2, 0.25) is 0 Å². The van der Waals surface area contributed by atoms with Crippen LogP contribution >= 0.6 is 0 Å². The van der Waals surface area contributed by atoms with Crippen molar-refractivity contribution in [2.45, 2.75) is 45.4 Å².